The average Bonchev–Trinajstić information content (AvgIpc) is 2.89. The van der Waals surface area contributed by atoms with E-state index in [9.17, 15) is 27.6 Å². The van der Waals surface area contributed by atoms with Crippen LogP contribution in [0.4, 0.5) is 5.69 Å². The zero-order valence-corrected chi connectivity index (χ0v) is 17.2. The maximum absolute atomic E-state index is 12.9. The molecule has 2 aliphatic heterocycles. The molecule has 0 spiro atoms. The number of carbonyl (C=O) groups is 4. The minimum absolute atomic E-state index is 0.0417. The Morgan fingerprint density at radius 3 is 2.63 bits per heavy atom. The number of nitrogens with zero attached hydrogens (tertiary/aromatic N) is 1. The summed E-state index contributed by atoms with van der Waals surface area (Å²) in [4.78, 5) is 50.1. The summed E-state index contributed by atoms with van der Waals surface area (Å²) in [7, 11) is -3.65. The van der Waals surface area contributed by atoms with Gasteiger partial charge in [-0.1, -0.05) is 6.07 Å². The molecule has 1 aromatic rings. The van der Waals surface area contributed by atoms with E-state index in [1.807, 2.05) is 0 Å². The molecular weight excluding hydrogens is 418 g/mol. The van der Waals surface area contributed by atoms with E-state index in [4.69, 9.17) is 4.74 Å². The van der Waals surface area contributed by atoms with Crippen molar-refractivity contribution in [1.82, 2.24) is 10.2 Å². The quantitative estimate of drug-likeness (QED) is 0.244. The summed E-state index contributed by atoms with van der Waals surface area (Å²) in [6.45, 7) is 1.70. The van der Waals surface area contributed by atoms with Crippen molar-refractivity contribution in [2.24, 2.45) is 0 Å². The van der Waals surface area contributed by atoms with Crippen LogP contribution in [0.1, 0.15) is 40.5 Å². The summed E-state index contributed by atoms with van der Waals surface area (Å²) in [5.41, 5.74) is 0.665. The Morgan fingerprint density at radius 1 is 1.23 bits per heavy atom. The van der Waals surface area contributed by atoms with Gasteiger partial charge in [-0.3, -0.25) is 29.4 Å². The van der Waals surface area contributed by atoms with Crippen molar-refractivity contribution in [1.29, 1.82) is 0 Å². The molecule has 30 heavy (non-hydrogen) atoms. The van der Waals surface area contributed by atoms with Crippen molar-refractivity contribution in [3.8, 4) is 0 Å². The fourth-order valence-electron chi connectivity index (χ4n) is 3.35. The van der Waals surface area contributed by atoms with Crippen molar-refractivity contribution >= 4 is 39.4 Å². The van der Waals surface area contributed by atoms with Gasteiger partial charge in [-0.15, -0.1) is 0 Å². The zero-order chi connectivity index (χ0) is 22.1. The van der Waals surface area contributed by atoms with Crippen LogP contribution in [-0.2, 0) is 28.6 Å². The predicted octanol–water partition coefficient (Wildman–Crippen LogP) is -0.161. The summed E-state index contributed by atoms with van der Waals surface area (Å²) in [5, 5.41) is 5.12. The molecule has 162 valence electrons. The van der Waals surface area contributed by atoms with Crippen LogP contribution in [0.2, 0.25) is 0 Å². The molecule has 0 saturated carbocycles. The summed E-state index contributed by atoms with van der Waals surface area (Å²) in [6.07, 6.45) is 0.0507. The largest absolute Gasteiger partial charge is 0.382 e. The van der Waals surface area contributed by atoms with Gasteiger partial charge >= 0.3 is 0 Å². The Kier molecular flexibility index (Phi) is 6.19. The van der Waals surface area contributed by atoms with Gasteiger partial charge in [-0.2, -0.15) is 8.42 Å². The highest BCUT2D eigenvalue weighted by molar-refractivity contribution is 7.86. The Balaban J connectivity index is 1.68. The standard InChI is InChI=1S/C18H21N3O8S/c1-10(29-30(2,26)27)28-9-8-19-12-5-3-4-11-15(12)18(25)21(17(11)24)13-6-7-14(22)20-16(13)23/h3-5,10,13,19H,6-9H2,1-2H3,(H,20,22,23). The van der Waals surface area contributed by atoms with E-state index < -0.39 is 46.1 Å². The number of nitrogens with one attached hydrogen (secondary N) is 2. The van der Waals surface area contributed by atoms with Crippen LogP contribution in [0.5, 0.6) is 0 Å². The van der Waals surface area contributed by atoms with E-state index >= 15 is 0 Å². The molecule has 0 radical (unpaired) electrons. The lowest BCUT2D eigenvalue weighted by Crippen LogP contribution is -2.54. The van der Waals surface area contributed by atoms with Crippen molar-refractivity contribution < 1.29 is 36.5 Å². The first-order valence-corrected chi connectivity index (χ1v) is 11.0. The number of amides is 4. The molecule has 2 heterocycles. The molecule has 2 unspecified atom stereocenters. The van der Waals surface area contributed by atoms with Gasteiger partial charge in [-0.05, 0) is 25.5 Å². The Bertz CT molecular complexity index is 1010. The highest BCUT2D eigenvalue weighted by Crippen LogP contribution is 2.32. The molecule has 4 amide bonds. The Labute approximate surface area is 172 Å². The van der Waals surface area contributed by atoms with Crippen molar-refractivity contribution in [3.63, 3.8) is 0 Å². The normalized spacial score (nSPS) is 20.2. The van der Waals surface area contributed by atoms with Crippen molar-refractivity contribution in [2.45, 2.75) is 32.1 Å². The van der Waals surface area contributed by atoms with Crippen molar-refractivity contribution in [2.75, 3.05) is 24.7 Å². The number of hydrogen-bond donors (Lipinski definition) is 2. The topological polar surface area (TPSA) is 148 Å². The second-order valence-electron chi connectivity index (χ2n) is 6.84. The lowest BCUT2D eigenvalue weighted by Gasteiger charge is -2.27. The van der Waals surface area contributed by atoms with E-state index in [2.05, 4.69) is 14.8 Å². The molecule has 1 saturated heterocycles. The number of imide groups is 2. The van der Waals surface area contributed by atoms with Crippen LogP contribution in [0.15, 0.2) is 18.2 Å². The van der Waals surface area contributed by atoms with Gasteiger partial charge < -0.3 is 10.1 Å². The van der Waals surface area contributed by atoms with E-state index in [1.54, 1.807) is 12.1 Å². The molecule has 12 heteroatoms. The summed E-state index contributed by atoms with van der Waals surface area (Å²) in [6, 6.07) is 3.65. The third kappa shape index (κ3) is 4.66. The van der Waals surface area contributed by atoms with Gasteiger partial charge in [0.1, 0.15) is 6.04 Å². The molecular formula is C18H21N3O8S. The lowest BCUT2D eigenvalue weighted by molar-refractivity contribution is -0.136. The van der Waals surface area contributed by atoms with E-state index in [0.29, 0.717) is 5.69 Å². The highest BCUT2D eigenvalue weighted by atomic mass is 32.2. The number of rotatable bonds is 8. The zero-order valence-electron chi connectivity index (χ0n) is 16.3. The molecule has 1 aromatic carbocycles. The molecule has 3 rings (SSSR count). The van der Waals surface area contributed by atoms with Gasteiger partial charge in [0, 0.05) is 18.7 Å². The van der Waals surface area contributed by atoms with E-state index in [1.165, 1.54) is 13.0 Å². The molecule has 1 fully saturated rings. The highest BCUT2D eigenvalue weighted by Gasteiger charge is 2.45. The second kappa shape index (κ2) is 8.50. The minimum atomic E-state index is -3.65. The first kappa shape index (κ1) is 21.9. The number of benzene rings is 1. The average molecular weight is 439 g/mol. The van der Waals surface area contributed by atoms with Gasteiger partial charge in [0.2, 0.25) is 11.8 Å². The molecule has 2 atom stereocenters. The van der Waals surface area contributed by atoms with Gasteiger partial charge in [0.05, 0.1) is 24.0 Å². The first-order chi connectivity index (χ1) is 14.1. The number of piperidine rings is 1. The number of hydrogen-bond acceptors (Lipinski definition) is 9. The van der Waals surface area contributed by atoms with Crippen LogP contribution in [0.25, 0.3) is 0 Å². The molecule has 0 aliphatic carbocycles. The molecule has 0 bridgehead atoms. The van der Waals surface area contributed by atoms with Crippen LogP contribution < -0.4 is 10.6 Å². The van der Waals surface area contributed by atoms with Crippen LogP contribution >= 0.6 is 0 Å². The third-order valence-corrected chi connectivity index (χ3v) is 5.17. The second-order valence-corrected chi connectivity index (χ2v) is 8.44. The van der Waals surface area contributed by atoms with Gasteiger partial charge in [0.15, 0.2) is 6.29 Å². The van der Waals surface area contributed by atoms with E-state index in [-0.39, 0.29) is 37.1 Å². The molecule has 11 nitrogen and oxygen atoms in total. The summed E-state index contributed by atoms with van der Waals surface area (Å²) in [5.74, 6) is -2.34. The van der Waals surface area contributed by atoms with Crippen LogP contribution in [0.3, 0.4) is 0 Å². The molecule has 0 aromatic heterocycles. The van der Waals surface area contributed by atoms with Crippen molar-refractivity contribution in [3.05, 3.63) is 29.3 Å². The lowest BCUT2D eigenvalue weighted by atomic mass is 10.0. The molecule has 2 aliphatic rings. The summed E-state index contributed by atoms with van der Waals surface area (Å²) < 4.78 is 32.0. The SMILES string of the molecule is CC(OCCNc1cccc2c1C(=O)N(C1CCC(=O)NC1=O)C2=O)OS(C)(=O)=O. The number of fused-ring (bicyclic) bond motifs is 1. The Hall–Kier alpha value is -2.83. The minimum Gasteiger partial charge on any atom is -0.382 e. The smallest absolute Gasteiger partial charge is 0.266 e. The fourth-order valence-corrected chi connectivity index (χ4v) is 3.89. The van der Waals surface area contributed by atoms with E-state index in [0.717, 1.165) is 11.2 Å². The summed E-state index contributed by atoms with van der Waals surface area (Å²) >= 11 is 0. The molecule has 2 N–H and O–H groups in total. The predicted molar refractivity (Wildman–Crippen MR) is 103 cm³/mol. The monoisotopic (exact) mass is 439 g/mol. The Morgan fingerprint density at radius 2 is 1.97 bits per heavy atom. The maximum atomic E-state index is 12.9. The third-order valence-electron chi connectivity index (χ3n) is 4.55. The fraction of sp³-hybridized carbons (Fsp3) is 0.444. The van der Waals surface area contributed by atoms with Crippen LogP contribution in [-0.4, -0.2) is 68.7 Å². The maximum Gasteiger partial charge on any atom is 0.266 e. The number of anilines is 1. The number of carbonyl (C=O) groups excluding carboxylic acids is 4. The van der Waals surface area contributed by atoms with Gasteiger partial charge in [-0.25, -0.2) is 4.18 Å². The number of ether oxygens (including phenoxy) is 1. The van der Waals surface area contributed by atoms with Gasteiger partial charge in [0.25, 0.3) is 21.9 Å². The first-order valence-electron chi connectivity index (χ1n) is 9.17. The van der Waals surface area contributed by atoms with Crippen LogP contribution in [0, 0.1) is 0 Å².